The average Bonchev–Trinajstić information content (AvgIpc) is 3.37. The fourth-order valence-corrected chi connectivity index (χ4v) is 10.6. The van der Waals surface area contributed by atoms with Gasteiger partial charge >= 0.3 is 11.9 Å². The quantitative estimate of drug-likeness (QED) is 0.0427. The largest absolute Gasteiger partial charge is 0.496 e. The van der Waals surface area contributed by atoms with E-state index in [1.807, 2.05) is 48.5 Å². The Bertz CT molecular complexity index is 2420. The van der Waals surface area contributed by atoms with Gasteiger partial charge in [0.25, 0.3) is 0 Å². The fraction of sp³-hybridized carbons (Fsp3) is 0.509. The maximum Gasteiger partial charge on any atom is 0.306 e. The van der Waals surface area contributed by atoms with E-state index in [9.17, 15) is 24.9 Å². The number of benzene rings is 4. The molecule has 0 spiro atoms. The molecule has 16 nitrogen and oxygen atoms in total. The summed E-state index contributed by atoms with van der Waals surface area (Å²) in [5.74, 6) is 3.23. The zero-order chi connectivity index (χ0) is 49.9. The lowest BCUT2D eigenvalue weighted by Gasteiger charge is -2.46. The Morgan fingerprint density at radius 2 is 1.13 bits per heavy atom. The van der Waals surface area contributed by atoms with E-state index in [1.54, 1.807) is 49.8 Å². The molecule has 16 heteroatoms. The van der Waals surface area contributed by atoms with Crippen LogP contribution < -0.4 is 33.2 Å². The third-order valence-corrected chi connectivity index (χ3v) is 14.2. The molecule has 4 unspecified atom stereocenters. The summed E-state index contributed by atoms with van der Waals surface area (Å²) in [6.07, 6.45) is 3.05. The second-order valence-corrected chi connectivity index (χ2v) is 18.2. The highest BCUT2D eigenvalue weighted by molar-refractivity contribution is 5.77. The smallest absolute Gasteiger partial charge is 0.306 e. The molecule has 4 atom stereocenters. The Morgan fingerprint density at radius 1 is 0.565 bits per heavy atom. The van der Waals surface area contributed by atoms with Gasteiger partial charge in [-0.15, -0.1) is 0 Å². The van der Waals surface area contributed by atoms with Crippen molar-refractivity contribution in [1.29, 1.82) is 0 Å². The van der Waals surface area contributed by atoms with Crippen LogP contribution >= 0.6 is 0 Å². The molecule has 376 valence electrons. The van der Waals surface area contributed by atoms with Gasteiger partial charge in [-0.3, -0.25) is 9.59 Å². The first-order chi connectivity index (χ1) is 33.3. The minimum Gasteiger partial charge on any atom is -0.496 e. The van der Waals surface area contributed by atoms with E-state index in [1.165, 1.54) is 0 Å². The standard InChI is InChI=1S/C53H72N2O14/c1-54(22-18-36-30-45(64-6)52(66-8)53(67-9)48(36)41(54)26-34-12-14-43(62-4)44(27-34)63-5)20-10-24-68-46(59)16-17-47(60)69-25-11-21-55(2)23-19-35-28-38(31-56)40(33-58)51(65-7)49(35)50(55)37-13-15-42(61-3)39(29-37)32-57/h12-15,27-30,41,50,56-58H,10-11,16-26,31-33H2,1-9H3/q+2. The van der Waals surface area contributed by atoms with Crippen LogP contribution in [0.5, 0.6) is 40.2 Å². The van der Waals surface area contributed by atoms with Crippen molar-refractivity contribution in [2.75, 3.05) is 103 Å². The van der Waals surface area contributed by atoms with Crippen LogP contribution in [-0.4, -0.2) is 139 Å². The van der Waals surface area contributed by atoms with Gasteiger partial charge in [0.2, 0.25) is 5.75 Å². The molecule has 3 N–H and O–H groups in total. The number of rotatable bonds is 24. The maximum absolute atomic E-state index is 13.0. The number of aliphatic hydroxyl groups excluding tert-OH is 3. The van der Waals surface area contributed by atoms with Gasteiger partial charge in [0.05, 0.1) is 147 Å². The number of esters is 2. The van der Waals surface area contributed by atoms with Crippen LogP contribution in [0.4, 0.5) is 0 Å². The lowest BCUT2D eigenvalue weighted by molar-refractivity contribution is -0.941. The molecule has 4 aromatic rings. The van der Waals surface area contributed by atoms with Gasteiger partial charge in [-0.25, -0.2) is 0 Å². The number of aliphatic hydroxyl groups is 3. The van der Waals surface area contributed by atoms with Gasteiger partial charge in [-0.1, -0.05) is 12.1 Å². The number of fused-ring (bicyclic) bond motifs is 2. The van der Waals surface area contributed by atoms with Gasteiger partial charge < -0.3 is 66.9 Å². The molecule has 4 aromatic carbocycles. The topological polar surface area (TPSA) is 178 Å². The molecule has 6 rings (SSSR count). The van der Waals surface area contributed by atoms with Crippen molar-refractivity contribution >= 4 is 11.9 Å². The normalized spacial score (nSPS) is 19.4. The maximum atomic E-state index is 13.0. The highest BCUT2D eigenvalue weighted by atomic mass is 16.5. The van der Waals surface area contributed by atoms with Crippen LogP contribution in [0.3, 0.4) is 0 Å². The molecule has 69 heavy (non-hydrogen) atoms. The number of likely N-dealkylation sites (N-methyl/N-ethyl adjacent to an activating group) is 2. The summed E-state index contributed by atoms with van der Waals surface area (Å²) in [6.45, 7) is 2.46. The number of hydrogen-bond acceptors (Lipinski definition) is 14. The van der Waals surface area contributed by atoms with Crippen molar-refractivity contribution in [2.24, 2.45) is 0 Å². The third-order valence-electron chi connectivity index (χ3n) is 14.2. The van der Waals surface area contributed by atoms with Crippen molar-refractivity contribution in [3.05, 3.63) is 98.6 Å². The van der Waals surface area contributed by atoms with Crippen molar-refractivity contribution in [2.45, 2.75) is 76.9 Å². The summed E-state index contributed by atoms with van der Waals surface area (Å²) in [5, 5.41) is 30.8. The molecule has 2 aliphatic rings. The van der Waals surface area contributed by atoms with Crippen LogP contribution in [0.2, 0.25) is 0 Å². The predicted molar refractivity (Wildman–Crippen MR) is 257 cm³/mol. The highest BCUT2D eigenvalue weighted by Gasteiger charge is 2.45. The first-order valence-corrected chi connectivity index (χ1v) is 23.5. The Hall–Kier alpha value is -5.78. The minimum absolute atomic E-state index is 0.0585. The molecule has 2 heterocycles. The molecule has 0 saturated heterocycles. The van der Waals surface area contributed by atoms with Crippen LogP contribution in [0.1, 0.15) is 87.8 Å². The SMILES string of the molecule is COc1ccc(C2c3c(cc(CO)c(CO)c3OC)CC[N+]2(C)CCCOC(=O)CCC(=O)OCCC[N+]2(C)CCc3cc(OC)c(OC)c(OC)c3C2Cc2ccc(OC)c(OC)c2)cc1CO. The summed E-state index contributed by atoms with van der Waals surface area (Å²) >= 11 is 0. The Balaban J connectivity index is 1.06. The average molecular weight is 961 g/mol. The van der Waals surface area contributed by atoms with Gasteiger partial charge in [0.1, 0.15) is 23.6 Å². The molecule has 0 saturated carbocycles. The Labute approximate surface area is 406 Å². The molecule has 0 radical (unpaired) electrons. The highest BCUT2D eigenvalue weighted by Crippen LogP contribution is 2.51. The van der Waals surface area contributed by atoms with Crippen molar-refractivity contribution < 1.29 is 76.5 Å². The van der Waals surface area contributed by atoms with E-state index in [4.69, 9.17) is 42.6 Å². The van der Waals surface area contributed by atoms with Gasteiger partial charge in [-0.05, 0) is 58.7 Å². The third kappa shape index (κ3) is 11.3. The van der Waals surface area contributed by atoms with Gasteiger partial charge in [0, 0.05) is 48.8 Å². The van der Waals surface area contributed by atoms with Crippen LogP contribution in [0, 0.1) is 0 Å². The lowest BCUT2D eigenvalue weighted by Crippen LogP contribution is -2.52. The first-order valence-electron chi connectivity index (χ1n) is 23.5. The van der Waals surface area contributed by atoms with Crippen LogP contribution in [-0.2, 0) is 58.1 Å². The fourth-order valence-electron chi connectivity index (χ4n) is 10.6. The number of carbonyl (C=O) groups excluding carboxylic acids is 2. The van der Waals surface area contributed by atoms with E-state index in [0.717, 1.165) is 52.9 Å². The lowest BCUT2D eigenvalue weighted by atomic mass is 9.82. The number of carbonyl (C=O) groups is 2. The van der Waals surface area contributed by atoms with Crippen LogP contribution in [0.25, 0.3) is 0 Å². The van der Waals surface area contributed by atoms with Crippen molar-refractivity contribution in [3.8, 4) is 40.2 Å². The molecule has 0 aliphatic carbocycles. The van der Waals surface area contributed by atoms with E-state index >= 15 is 0 Å². The number of methoxy groups -OCH3 is 7. The second kappa shape index (κ2) is 23.7. The molecule has 0 aromatic heterocycles. The zero-order valence-electron chi connectivity index (χ0n) is 41.8. The van der Waals surface area contributed by atoms with E-state index < -0.39 is 11.9 Å². The summed E-state index contributed by atoms with van der Waals surface area (Å²) in [6, 6.07) is 15.4. The minimum atomic E-state index is -0.479. The summed E-state index contributed by atoms with van der Waals surface area (Å²) in [4.78, 5) is 26.0. The molecule has 2 aliphatic heterocycles. The van der Waals surface area contributed by atoms with E-state index in [0.29, 0.717) is 105 Å². The Kier molecular flexibility index (Phi) is 18.1. The van der Waals surface area contributed by atoms with E-state index in [2.05, 4.69) is 14.1 Å². The Morgan fingerprint density at radius 3 is 1.70 bits per heavy atom. The summed E-state index contributed by atoms with van der Waals surface area (Å²) in [7, 11) is 15.6. The zero-order valence-corrected chi connectivity index (χ0v) is 41.8. The monoisotopic (exact) mass is 960 g/mol. The molecular formula is C53H72N2O14+2. The van der Waals surface area contributed by atoms with E-state index in [-0.39, 0.29) is 58.0 Å². The number of nitrogens with zero attached hydrogens (tertiary/aromatic N) is 2. The van der Waals surface area contributed by atoms with Gasteiger partial charge in [-0.2, -0.15) is 0 Å². The van der Waals surface area contributed by atoms with Crippen LogP contribution in [0.15, 0.2) is 48.5 Å². The predicted octanol–water partition coefficient (Wildman–Crippen LogP) is 5.95. The molecule has 0 fully saturated rings. The summed E-state index contributed by atoms with van der Waals surface area (Å²) < 4.78 is 52.8. The second-order valence-electron chi connectivity index (χ2n) is 18.2. The first kappa shape index (κ1) is 52.6. The number of hydrogen-bond donors (Lipinski definition) is 3. The van der Waals surface area contributed by atoms with Gasteiger partial charge in [0.15, 0.2) is 23.0 Å². The molecule has 0 bridgehead atoms. The molecule has 0 amide bonds. The number of ether oxygens (including phenoxy) is 9. The van der Waals surface area contributed by atoms with Crippen molar-refractivity contribution in [3.63, 3.8) is 0 Å². The summed E-state index contributed by atoms with van der Waals surface area (Å²) in [5.41, 5.74) is 7.87. The number of quaternary nitrogens is 2. The molecular weight excluding hydrogens is 889 g/mol. The van der Waals surface area contributed by atoms with Crippen molar-refractivity contribution in [1.82, 2.24) is 0 Å².